The van der Waals surface area contributed by atoms with E-state index in [1.54, 1.807) is 45.5 Å². The molecule has 7 nitrogen and oxygen atoms in total. The summed E-state index contributed by atoms with van der Waals surface area (Å²) in [6.45, 7) is 5.24. The fourth-order valence-corrected chi connectivity index (χ4v) is 4.15. The van der Waals surface area contributed by atoms with Gasteiger partial charge in [-0.05, 0) is 44.2 Å². The number of rotatable bonds is 8. The first-order valence-electron chi connectivity index (χ1n) is 9.04. The maximum absolute atomic E-state index is 13.3. The zero-order valence-electron chi connectivity index (χ0n) is 17.0. The third-order valence-corrected chi connectivity index (χ3v) is 5.76. The maximum Gasteiger partial charge on any atom is 0.340 e. The van der Waals surface area contributed by atoms with E-state index in [4.69, 9.17) is 4.74 Å². The molecule has 8 heteroatoms. The number of carboxylic acids is 1. The monoisotopic (exact) mass is 406 g/mol. The molecule has 28 heavy (non-hydrogen) atoms. The van der Waals surface area contributed by atoms with Gasteiger partial charge in [0.05, 0.1) is 34.5 Å². The summed E-state index contributed by atoms with van der Waals surface area (Å²) in [5.74, 6) is -2.84. The van der Waals surface area contributed by atoms with Gasteiger partial charge in [-0.25, -0.2) is 4.79 Å². The number of ether oxygens (including phenoxy) is 1. The molecule has 2 aromatic rings. The van der Waals surface area contributed by atoms with Gasteiger partial charge in [0, 0.05) is 19.8 Å². The number of carbonyl (C=O) groups is 3. The van der Waals surface area contributed by atoms with Crippen LogP contribution in [0.3, 0.4) is 0 Å². The Morgan fingerprint density at radius 2 is 1.82 bits per heavy atom. The lowest BCUT2D eigenvalue weighted by atomic mass is 9.97. The van der Waals surface area contributed by atoms with E-state index in [0.29, 0.717) is 22.6 Å². The van der Waals surface area contributed by atoms with Crippen LogP contribution in [0.1, 0.15) is 64.0 Å². The highest BCUT2D eigenvalue weighted by Crippen LogP contribution is 2.32. The molecule has 0 aliphatic heterocycles. The van der Waals surface area contributed by atoms with E-state index < -0.39 is 17.9 Å². The van der Waals surface area contributed by atoms with Crippen LogP contribution in [0, 0.1) is 6.92 Å². The van der Waals surface area contributed by atoms with Crippen molar-refractivity contribution in [3.8, 4) is 0 Å². The molecule has 0 saturated carbocycles. The Bertz CT molecular complexity index is 926. The van der Waals surface area contributed by atoms with Gasteiger partial charge in [0.25, 0.3) is 0 Å². The quantitative estimate of drug-likeness (QED) is 0.411. The van der Waals surface area contributed by atoms with Crippen LogP contribution >= 0.6 is 11.8 Å². The normalized spacial score (nSPS) is 12.1. The van der Waals surface area contributed by atoms with Crippen molar-refractivity contribution >= 4 is 29.5 Å². The van der Waals surface area contributed by atoms with E-state index in [0.717, 1.165) is 5.03 Å². The van der Waals surface area contributed by atoms with Crippen molar-refractivity contribution in [1.82, 2.24) is 9.13 Å². The zero-order chi connectivity index (χ0) is 21.2. The van der Waals surface area contributed by atoms with Crippen LogP contribution in [-0.2, 0) is 23.6 Å². The van der Waals surface area contributed by atoms with Crippen LogP contribution in [0.15, 0.2) is 17.2 Å². The Kier molecular flexibility index (Phi) is 6.77. The number of aliphatic carboxylic acids is 1. The topological polar surface area (TPSA) is 90.5 Å². The van der Waals surface area contributed by atoms with Crippen molar-refractivity contribution < 1.29 is 24.2 Å². The van der Waals surface area contributed by atoms with Crippen molar-refractivity contribution in [3.63, 3.8) is 0 Å². The number of aromatic nitrogens is 2. The first-order valence-corrected chi connectivity index (χ1v) is 10.3. The van der Waals surface area contributed by atoms with Gasteiger partial charge in [-0.15, -0.1) is 11.8 Å². The molecule has 0 amide bonds. The van der Waals surface area contributed by atoms with Crippen LogP contribution in [0.4, 0.5) is 0 Å². The molecule has 1 atom stereocenters. The molecule has 0 radical (unpaired) electrons. The number of ketones is 1. The van der Waals surface area contributed by atoms with Crippen LogP contribution in [0.5, 0.6) is 0 Å². The number of thioether (sulfide) groups is 1. The van der Waals surface area contributed by atoms with Gasteiger partial charge >= 0.3 is 11.9 Å². The fourth-order valence-electron chi connectivity index (χ4n) is 3.57. The Labute approximate surface area is 168 Å². The third kappa shape index (κ3) is 3.61. The molecule has 2 aromatic heterocycles. The summed E-state index contributed by atoms with van der Waals surface area (Å²) in [5.41, 5.74) is 1.67. The smallest absolute Gasteiger partial charge is 0.340 e. The highest BCUT2D eigenvalue weighted by atomic mass is 32.2. The fraction of sp³-hybridized carbons (Fsp3) is 0.450. The van der Waals surface area contributed by atoms with Crippen molar-refractivity contribution in [3.05, 3.63) is 40.3 Å². The average molecular weight is 407 g/mol. The molecule has 0 bridgehead atoms. The van der Waals surface area contributed by atoms with E-state index in [9.17, 15) is 19.5 Å². The minimum absolute atomic E-state index is 0.161. The number of carbonyl (C=O) groups excluding carboxylic acids is 2. The van der Waals surface area contributed by atoms with Crippen molar-refractivity contribution in [2.75, 3.05) is 12.9 Å². The molecule has 0 aliphatic carbocycles. The first kappa shape index (κ1) is 21.8. The Balaban J connectivity index is 2.75. The van der Waals surface area contributed by atoms with Gasteiger partial charge in [0.2, 0.25) is 5.78 Å². The van der Waals surface area contributed by atoms with E-state index >= 15 is 0 Å². The molecule has 0 saturated heterocycles. The molecule has 0 aromatic carbocycles. The number of carboxylic acid groups (broad SMARTS) is 1. The Morgan fingerprint density at radius 3 is 2.29 bits per heavy atom. The van der Waals surface area contributed by atoms with Crippen LogP contribution < -0.4 is 0 Å². The zero-order valence-corrected chi connectivity index (χ0v) is 17.8. The second-order valence-corrected chi connectivity index (χ2v) is 7.29. The lowest BCUT2D eigenvalue weighted by Gasteiger charge is -2.15. The summed E-state index contributed by atoms with van der Waals surface area (Å²) < 4.78 is 8.49. The minimum Gasteiger partial charge on any atom is -0.481 e. The predicted octanol–water partition coefficient (Wildman–Crippen LogP) is 3.38. The molecule has 2 rings (SSSR count). The molecule has 2 heterocycles. The SMILES string of the molecule is CCOC(=O)c1c(C)c(C(=O)c2ccc(SC)n2C)n(C)c1C(CC)C(=O)O. The van der Waals surface area contributed by atoms with E-state index in [1.807, 2.05) is 12.3 Å². The standard InChI is InChI=1S/C20H26N2O5S/c1-7-12(19(24)25)17-15(20(26)27-8-2)11(3)16(22(17)5)18(23)13-9-10-14(28-6)21(13)4/h9-10,12H,7-8H2,1-6H3,(H,24,25). The Morgan fingerprint density at radius 1 is 1.18 bits per heavy atom. The van der Waals surface area contributed by atoms with Crippen molar-refractivity contribution in [2.45, 2.75) is 38.1 Å². The molecule has 152 valence electrons. The predicted molar refractivity (Wildman–Crippen MR) is 107 cm³/mol. The highest BCUT2D eigenvalue weighted by molar-refractivity contribution is 7.98. The van der Waals surface area contributed by atoms with Gasteiger partial charge in [-0.1, -0.05) is 6.92 Å². The lowest BCUT2D eigenvalue weighted by molar-refractivity contribution is -0.139. The van der Waals surface area contributed by atoms with Gasteiger partial charge in [0.15, 0.2) is 0 Å². The maximum atomic E-state index is 13.3. The number of nitrogens with zero attached hydrogens (tertiary/aromatic N) is 2. The minimum atomic E-state index is -1.05. The number of esters is 1. The molecule has 1 N–H and O–H groups in total. The van der Waals surface area contributed by atoms with Gasteiger partial charge in [-0.2, -0.15) is 0 Å². The van der Waals surface area contributed by atoms with Crippen LogP contribution in [0.2, 0.25) is 0 Å². The van der Waals surface area contributed by atoms with Gasteiger partial charge in [-0.3, -0.25) is 9.59 Å². The third-order valence-electron chi connectivity index (χ3n) is 4.93. The summed E-state index contributed by atoms with van der Waals surface area (Å²) in [6.07, 6.45) is 2.21. The molecule has 1 unspecified atom stereocenters. The molecular weight excluding hydrogens is 380 g/mol. The molecule has 0 spiro atoms. The summed E-state index contributed by atoms with van der Waals surface area (Å²) >= 11 is 1.52. The second kappa shape index (κ2) is 8.68. The van der Waals surface area contributed by atoms with Crippen LogP contribution in [-0.4, -0.2) is 44.8 Å². The largest absolute Gasteiger partial charge is 0.481 e. The van der Waals surface area contributed by atoms with Crippen molar-refractivity contribution in [1.29, 1.82) is 0 Å². The summed E-state index contributed by atoms with van der Waals surface area (Å²) in [4.78, 5) is 37.8. The number of hydrogen-bond acceptors (Lipinski definition) is 5. The molecule has 0 fully saturated rings. The molecule has 0 aliphatic rings. The summed E-state index contributed by atoms with van der Waals surface area (Å²) in [5, 5.41) is 10.6. The van der Waals surface area contributed by atoms with E-state index in [2.05, 4.69) is 0 Å². The average Bonchev–Trinajstić information content (AvgIpc) is 3.12. The lowest BCUT2D eigenvalue weighted by Crippen LogP contribution is -2.19. The second-order valence-electron chi connectivity index (χ2n) is 6.46. The van der Waals surface area contributed by atoms with Gasteiger partial charge < -0.3 is 19.0 Å². The van der Waals surface area contributed by atoms with E-state index in [1.165, 1.54) is 16.3 Å². The van der Waals surface area contributed by atoms with E-state index in [-0.39, 0.29) is 24.4 Å². The molecular formula is C20H26N2O5S. The van der Waals surface area contributed by atoms with Crippen molar-refractivity contribution in [2.24, 2.45) is 14.1 Å². The first-order chi connectivity index (χ1) is 13.2. The Hall–Kier alpha value is -2.48. The van der Waals surface area contributed by atoms with Crippen LogP contribution in [0.25, 0.3) is 0 Å². The summed E-state index contributed by atoms with van der Waals surface area (Å²) in [6, 6.07) is 3.59. The van der Waals surface area contributed by atoms with Gasteiger partial charge in [0.1, 0.15) is 0 Å². The number of hydrogen-bond donors (Lipinski definition) is 1. The summed E-state index contributed by atoms with van der Waals surface area (Å²) in [7, 11) is 3.43. The highest BCUT2D eigenvalue weighted by Gasteiger charge is 2.34.